The Bertz CT molecular complexity index is 1870. The number of ether oxygens (including phenoxy) is 7. The largest absolute Gasteiger partial charge is 0.458 e. The van der Waals surface area contributed by atoms with E-state index >= 15 is 4.79 Å². The fraction of sp³-hybridized carbons (Fsp3) is 0.771. The molecule has 5 fully saturated rings. The van der Waals surface area contributed by atoms with E-state index in [2.05, 4.69) is 4.90 Å². The van der Waals surface area contributed by atoms with Gasteiger partial charge >= 0.3 is 24.2 Å². The highest BCUT2D eigenvalue weighted by atomic mass is 35.5. The molecule has 17 heteroatoms. The van der Waals surface area contributed by atoms with Gasteiger partial charge in [0.2, 0.25) is 0 Å². The van der Waals surface area contributed by atoms with E-state index in [9.17, 15) is 24.3 Å². The lowest BCUT2D eigenvalue weighted by atomic mass is 9.73. The van der Waals surface area contributed by atoms with Crippen molar-refractivity contribution in [3.63, 3.8) is 0 Å². The average molecular weight is 935 g/mol. The quantitative estimate of drug-likeness (QED) is 0.184. The van der Waals surface area contributed by atoms with Gasteiger partial charge in [0, 0.05) is 48.5 Å². The molecule has 0 bridgehead atoms. The van der Waals surface area contributed by atoms with E-state index in [-0.39, 0.29) is 43.9 Å². The second kappa shape index (κ2) is 20.8. The van der Waals surface area contributed by atoms with E-state index in [4.69, 9.17) is 44.8 Å². The third kappa shape index (κ3) is 10.5. The van der Waals surface area contributed by atoms with E-state index in [0.29, 0.717) is 23.9 Å². The lowest BCUT2D eigenvalue weighted by Crippen LogP contribution is -2.62. The fourth-order valence-corrected chi connectivity index (χ4v) is 11.5. The van der Waals surface area contributed by atoms with Crippen molar-refractivity contribution in [3.8, 4) is 0 Å². The molecule has 4 heterocycles. The number of hydrogen-bond acceptors (Lipinski definition) is 14. The van der Waals surface area contributed by atoms with Crippen molar-refractivity contribution >= 4 is 41.6 Å². The molecule has 0 spiro atoms. The van der Waals surface area contributed by atoms with Gasteiger partial charge in [-0.2, -0.15) is 0 Å². The number of imide groups is 1. The number of cyclic esters (lactones) is 2. The maximum absolute atomic E-state index is 15.0. The molecule has 1 aromatic rings. The Morgan fingerprint density at radius 1 is 0.985 bits per heavy atom. The first kappa shape index (κ1) is 50.9. The summed E-state index contributed by atoms with van der Waals surface area (Å²) in [4.78, 5) is 75.4. The van der Waals surface area contributed by atoms with Crippen LogP contribution < -0.4 is 0 Å². The number of aliphatic hydroxyl groups excluding tert-OH is 1. The molecule has 1 unspecified atom stereocenters. The molecule has 1 aliphatic carbocycles. The monoisotopic (exact) mass is 933 g/mol. The van der Waals surface area contributed by atoms with Gasteiger partial charge in [0.1, 0.15) is 30.7 Å². The first-order valence-corrected chi connectivity index (χ1v) is 23.9. The van der Waals surface area contributed by atoms with Crippen LogP contribution in [0.2, 0.25) is 5.02 Å². The molecule has 16 nitrogen and oxygen atoms in total. The van der Waals surface area contributed by atoms with Gasteiger partial charge in [0.05, 0.1) is 35.8 Å². The zero-order chi connectivity index (χ0) is 47.7. The molecule has 5 aliphatic rings. The summed E-state index contributed by atoms with van der Waals surface area (Å²) in [6.07, 6.45) is -3.13. The minimum atomic E-state index is -1.49. The summed E-state index contributed by atoms with van der Waals surface area (Å²) < 4.78 is 43.8. The van der Waals surface area contributed by atoms with Gasteiger partial charge < -0.3 is 38.3 Å². The van der Waals surface area contributed by atoms with Crippen LogP contribution in [0.5, 0.6) is 0 Å². The zero-order valence-corrected chi connectivity index (χ0v) is 40.8. The van der Waals surface area contributed by atoms with Crippen molar-refractivity contribution < 1.29 is 62.2 Å². The number of carbonyl (C=O) groups excluding carboxylic acids is 5. The SMILES string of the molecule is CC[C@H]1OC(=O)[C@H](C)[C@@H](OC(=O)N2C(=O)OC[C@@H]2C)[C@H](C)[C@@H](OC2O[C@H](C)C[C@H](N(C)C3CCCC3)[C@H]2O)[C@@](C)(OC)C[C@@H](C)C(=O)[C@H](C)[C@H]2N(CCc3ccc(Cl)cc3)C(=O)O[C@]12C. The second-order valence-electron chi connectivity index (χ2n) is 19.8. The van der Waals surface area contributed by atoms with Gasteiger partial charge in [-0.05, 0) is 97.9 Å². The van der Waals surface area contributed by atoms with Gasteiger partial charge in [-0.3, -0.25) is 19.4 Å². The molecule has 3 amide bonds. The van der Waals surface area contributed by atoms with Gasteiger partial charge in [-0.25, -0.2) is 19.3 Å². The highest BCUT2D eigenvalue weighted by molar-refractivity contribution is 6.30. The Morgan fingerprint density at radius 3 is 2.25 bits per heavy atom. The smallest absolute Gasteiger partial charge is 0.419 e. The van der Waals surface area contributed by atoms with E-state index in [1.807, 2.05) is 26.1 Å². The van der Waals surface area contributed by atoms with E-state index in [1.165, 1.54) is 7.11 Å². The number of benzene rings is 1. The van der Waals surface area contributed by atoms with Crippen LogP contribution in [-0.2, 0) is 49.2 Å². The number of Topliss-reactive ketones (excluding diaryl/α,β-unsaturated/α-hetero) is 1. The van der Waals surface area contributed by atoms with E-state index in [1.54, 1.807) is 72.4 Å². The van der Waals surface area contributed by atoms with Gasteiger partial charge in [0.15, 0.2) is 11.9 Å². The van der Waals surface area contributed by atoms with Crippen LogP contribution in [0.15, 0.2) is 24.3 Å². The first-order chi connectivity index (χ1) is 30.6. The van der Waals surface area contributed by atoms with Crippen molar-refractivity contribution in [2.45, 2.75) is 186 Å². The van der Waals surface area contributed by atoms with Crippen molar-refractivity contribution in [1.29, 1.82) is 0 Å². The number of esters is 1. The molecule has 1 N–H and O–H groups in total. The van der Waals surface area contributed by atoms with E-state index in [0.717, 1.165) is 36.1 Å². The van der Waals surface area contributed by atoms with Crippen LogP contribution in [0.25, 0.3) is 0 Å². The number of fused-ring (bicyclic) bond motifs is 1. The Balaban J connectivity index is 1.43. The van der Waals surface area contributed by atoms with Crippen molar-refractivity contribution in [2.24, 2.45) is 23.7 Å². The van der Waals surface area contributed by atoms with Crippen LogP contribution in [0.1, 0.15) is 113 Å². The lowest BCUT2D eigenvalue weighted by molar-refractivity contribution is -0.303. The maximum Gasteiger partial charge on any atom is 0.419 e. The third-order valence-corrected chi connectivity index (χ3v) is 15.4. The molecule has 364 valence electrons. The number of aliphatic hydroxyl groups is 1. The Labute approximate surface area is 389 Å². The number of rotatable bonds is 10. The first-order valence-electron chi connectivity index (χ1n) is 23.6. The molecule has 65 heavy (non-hydrogen) atoms. The Hall–Kier alpha value is -3.54. The second-order valence-corrected chi connectivity index (χ2v) is 20.2. The normalized spacial score (nSPS) is 38.9. The number of carbonyl (C=O) groups is 5. The highest BCUT2D eigenvalue weighted by Gasteiger charge is 2.61. The zero-order valence-electron chi connectivity index (χ0n) is 40.0. The molecule has 15 atom stereocenters. The van der Waals surface area contributed by atoms with Crippen molar-refractivity contribution in [1.82, 2.24) is 14.7 Å². The number of halogens is 1. The van der Waals surface area contributed by atoms with Crippen molar-refractivity contribution in [2.75, 3.05) is 27.3 Å². The molecule has 4 aliphatic heterocycles. The molecule has 6 rings (SSSR count). The number of amides is 3. The third-order valence-electron chi connectivity index (χ3n) is 15.2. The topological polar surface area (TPSA) is 180 Å². The summed E-state index contributed by atoms with van der Waals surface area (Å²) in [6.45, 7) is 15.9. The summed E-state index contributed by atoms with van der Waals surface area (Å²) in [6, 6.07) is 5.76. The highest BCUT2D eigenvalue weighted by Crippen LogP contribution is 2.44. The van der Waals surface area contributed by atoms with Crippen LogP contribution >= 0.6 is 11.6 Å². The van der Waals surface area contributed by atoms with Crippen LogP contribution in [-0.4, -0.2) is 149 Å². The number of methoxy groups -OCH3 is 1. The minimum absolute atomic E-state index is 0.0392. The average Bonchev–Trinajstić information content (AvgIpc) is 4.00. The number of ketones is 1. The van der Waals surface area contributed by atoms with Gasteiger partial charge in [-0.15, -0.1) is 0 Å². The molecular weight excluding hydrogens is 862 g/mol. The summed E-state index contributed by atoms with van der Waals surface area (Å²) >= 11 is 6.16. The van der Waals surface area contributed by atoms with E-state index < -0.39 is 102 Å². The summed E-state index contributed by atoms with van der Waals surface area (Å²) in [5.74, 6) is -4.64. The van der Waals surface area contributed by atoms with Gasteiger partial charge in [-0.1, -0.05) is 64.3 Å². The Morgan fingerprint density at radius 2 is 1.65 bits per heavy atom. The lowest BCUT2D eigenvalue weighted by Gasteiger charge is -2.49. The predicted octanol–water partition coefficient (Wildman–Crippen LogP) is 7.18. The van der Waals surface area contributed by atoms with Crippen LogP contribution in [0.4, 0.5) is 14.4 Å². The molecule has 0 radical (unpaired) electrons. The standard InChI is InChI=1S/C48H72ClN3O13/c1-12-36-48(9)40(51(44(56)65-48)22-21-32-17-19-33(49)20-18-32)29(5)37(53)26(2)24-47(8,59-11)41(64-43-38(54)35(23-28(4)61-43)50(10)34-15-13-14-16-34)30(6)39(31(7)42(55)62-36)63-46(58)52-27(3)25-60-45(52)57/h17-20,26-31,34-36,38-41,43,54H,12-16,21-25H2,1-11H3/t26-,27+,28-,29+,30+,31-,35+,36-,38-,39+,40-,41-,43?,47+,48-/m1/s1. The number of hydrogen-bond donors (Lipinski definition) is 1. The van der Waals surface area contributed by atoms with Gasteiger partial charge in [0.25, 0.3) is 0 Å². The Kier molecular flexibility index (Phi) is 16.2. The molecular formula is C48H72ClN3O13. The maximum atomic E-state index is 15.0. The molecule has 1 aromatic carbocycles. The fourth-order valence-electron chi connectivity index (χ4n) is 11.4. The van der Waals surface area contributed by atoms with Crippen LogP contribution in [0.3, 0.4) is 0 Å². The molecule has 1 saturated carbocycles. The minimum Gasteiger partial charge on any atom is -0.458 e. The number of nitrogens with zero attached hydrogens (tertiary/aromatic N) is 3. The summed E-state index contributed by atoms with van der Waals surface area (Å²) in [5.41, 5.74) is -1.94. The van der Waals surface area contributed by atoms with Crippen molar-refractivity contribution in [3.05, 3.63) is 34.9 Å². The molecule has 0 aromatic heterocycles. The predicted molar refractivity (Wildman–Crippen MR) is 239 cm³/mol. The molecule has 4 saturated heterocycles. The summed E-state index contributed by atoms with van der Waals surface area (Å²) in [5, 5.41) is 12.7. The number of likely N-dealkylation sites (N-methyl/N-ethyl adjacent to an activating group) is 1. The summed E-state index contributed by atoms with van der Waals surface area (Å²) in [7, 11) is 3.52. The van der Waals surface area contributed by atoms with Crippen LogP contribution in [0, 0.1) is 23.7 Å².